The van der Waals surface area contributed by atoms with Gasteiger partial charge in [0.15, 0.2) is 5.11 Å². The molecule has 0 saturated carbocycles. The highest BCUT2D eigenvalue weighted by molar-refractivity contribution is 7.80. The molecule has 2 fully saturated rings. The number of anilines is 1. The highest BCUT2D eigenvalue weighted by Gasteiger charge is 2.13. The first-order valence-corrected chi connectivity index (χ1v) is 11.0. The molecule has 0 aliphatic carbocycles. The number of rotatable bonds is 6. The SMILES string of the molecule is C/C(=N/NC(=S)NCC[NH+]1CCOCC1)c1ccc(N2CCCCCC2)cc1. The fourth-order valence-corrected chi connectivity index (χ4v) is 3.89. The smallest absolute Gasteiger partial charge is 0.187 e. The normalized spacial score (nSPS) is 19.2. The molecular formula is C21H34N5OS+. The molecule has 0 bridgehead atoms. The number of benzene rings is 1. The number of hydrogen-bond acceptors (Lipinski definition) is 4. The van der Waals surface area contributed by atoms with Gasteiger partial charge in [-0.3, -0.25) is 5.43 Å². The van der Waals surface area contributed by atoms with Crippen LogP contribution in [0.1, 0.15) is 38.2 Å². The van der Waals surface area contributed by atoms with Crippen molar-refractivity contribution in [2.75, 3.05) is 57.4 Å². The summed E-state index contributed by atoms with van der Waals surface area (Å²) in [5, 5.41) is 8.26. The Hall–Kier alpha value is -1.70. The largest absolute Gasteiger partial charge is 0.372 e. The summed E-state index contributed by atoms with van der Waals surface area (Å²) in [4.78, 5) is 4.06. The molecule has 2 saturated heterocycles. The van der Waals surface area contributed by atoms with E-state index in [1.54, 1.807) is 4.90 Å². The van der Waals surface area contributed by atoms with Crippen molar-refractivity contribution in [3.05, 3.63) is 29.8 Å². The molecule has 154 valence electrons. The summed E-state index contributed by atoms with van der Waals surface area (Å²) in [6.07, 6.45) is 5.30. The number of hydrogen-bond donors (Lipinski definition) is 3. The number of quaternary nitrogens is 1. The Morgan fingerprint density at radius 2 is 1.79 bits per heavy atom. The summed E-state index contributed by atoms with van der Waals surface area (Å²) in [6, 6.07) is 8.72. The molecule has 1 aromatic carbocycles. The van der Waals surface area contributed by atoms with Gasteiger partial charge in [0.25, 0.3) is 0 Å². The van der Waals surface area contributed by atoms with Gasteiger partial charge in [-0.1, -0.05) is 25.0 Å². The molecule has 7 heteroatoms. The summed E-state index contributed by atoms with van der Waals surface area (Å²) >= 11 is 5.34. The fourth-order valence-electron chi connectivity index (χ4n) is 3.74. The third-order valence-electron chi connectivity index (χ3n) is 5.55. The van der Waals surface area contributed by atoms with E-state index in [9.17, 15) is 0 Å². The van der Waals surface area contributed by atoms with Crippen LogP contribution in [0, 0.1) is 0 Å². The summed E-state index contributed by atoms with van der Waals surface area (Å²) < 4.78 is 5.38. The van der Waals surface area contributed by atoms with Gasteiger partial charge in [0.05, 0.1) is 32.0 Å². The van der Waals surface area contributed by atoms with Crippen molar-refractivity contribution in [2.24, 2.45) is 5.10 Å². The molecule has 6 nitrogen and oxygen atoms in total. The van der Waals surface area contributed by atoms with Crippen molar-refractivity contribution in [2.45, 2.75) is 32.6 Å². The molecule has 0 aromatic heterocycles. The standard InChI is InChI=1S/C21H33N5OS/c1-18(23-24-21(28)22-10-13-25-14-16-27-17-15-25)19-6-8-20(9-7-19)26-11-4-2-3-5-12-26/h6-9H,2-5,10-17H2,1H3,(H2,22,24,28)/p+1/b23-18-. The lowest BCUT2D eigenvalue weighted by atomic mass is 10.1. The van der Waals surface area contributed by atoms with E-state index in [0.29, 0.717) is 5.11 Å². The van der Waals surface area contributed by atoms with Crippen LogP contribution in [0.4, 0.5) is 5.69 Å². The van der Waals surface area contributed by atoms with Gasteiger partial charge in [0.2, 0.25) is 0 Å². The van der Waals surface area contributed by atoms with Crippen molar-refractivity contribution >= 4 is 28.7 Å². The monoisotopic (exact) mass is 404 g/mol. The molecule has 2 aliphatic heterocycles. The molecule has 0 atom stereocenters. The Kier molecular flexibility index (Phi) is 8.51. The lowest BCUT2D eigenvalue weighted by molar-refractivity contribution is -0.906. The molecule has 2 aliphatic rings. The van der Waals surface area contributed by atoms with Gasteiger partial charge in [-0.2, -0.15) is 5.10 Å². The molecule has 28 heavy (non-hydrogen) atoms. The Bertz CT molecular complexity index is 635. The van der Waals surface area contributed by atoms with E-state index in [1.807, 2.05) is 6.92 Å². The summed E-state index contributed by atoms with van der Waals surface area (Å²) in [7, 11) is 0. The predicted octanol–water partition coefficient (Wildman–Crippen LogP) is 1.17. The number of nitrogens with one attached hydrogen (secondary N) is 3. The van der Waals surface area contributed by atoms with Crippen molar-refractivity contribution in [1.82, 2.24) is 10.7 Å². The van der Waals surface area contributed by atoms with Gasteiger partial charge in [0.1, 0.15) is 13.1 Å². The maximum Gasteiger partial charge on any atom is 0.187 e. The van der Waals surface area contributed by atoms with Gasteiger partial charge in [-0.25, -0.2) is 0 Å². The van der Waals surface area contributed by atoms with Crippen LogP contribution in [0.3, 0.4) is 0 Å². The molecule has 3 rings (SSSR count). The summed E-state index contributed by atoms with van der Waals surface area (Å²) in [6.45, 7) is 10.1. The van der Waals surface area contributed by atoms with Crippen LogP contribution in [0.2, 0.25) is 0 Å². The van der Waals surface area contributed by atoms with Crippen LogP contribution < -0.4 is 20.5 Å². The summed E-state index contributed by atoms with van der Waals surface area (Å²) in [5.41, 5.74) is 6.34. The van der Waals surface area contributed by atoms with E-state index < -0.39 is 0 Å². The first kappa shape index (κ1) is 21.0. The molecule has 0 amide bonds. The van der Waals surface area contributed by atoms with Crippen LogP contribution in [0.25, 0.3) is 0 Å². The van der Waals surface area contributed by atoms with Gasteiger partial charge >= 0.3 is 0 Å². The van der Waals surface area contributed by atoms with Crippen LogP contribution in [-0.4, -0.2) is 63.3 Å². The number of hydrazone groups is 1. The maximum atomic E-state index is 5.38. The average molecular weight is 405 g/mol. The van der Waals surface area contributed by atoms with E-state index in [2.05, 4.69) is 45.0 Å². The molecule has 0 unspecified atom stereocenters. The minimum Gasteiger partial charge on any atom is -0.372 e. The number of nitrogens with zero attached hydrogens (tertiary/aromatic N) is 2. The maximum absolute atomic E-state index is 5.38. The minimum absolute atomic E-state index is 0.577. The first-order valence-electron chi connectivity index (χ1n) is 10.6. The fraction of sp³-hybridized carbons (Fsp3) is 0.619. The van der Waals surface area contributed by atoms with Crippen molar-refractivity contribution < 1.29 is 9.64 Å². The van der Waals surface area contributed by atoms with E-state index in [-0.39, 0.29) is 0 Å². The van der Waals surface area contributed by atoms with Gasteiger partial charge in [-0.15, -0.1) is 0 Å². The average Bonchev–Trinajstić information content (AvgIpc) is 3.02. The first-order chi connectivity index (χ1) is 13.7. The zero-order valence-corrected chi connectivity index (χ0v) is 17.8. The lowest BCUT2D eigenvalue weighted by Crippen LogP contribution is -3.14. The molecule has 2 heterocycles. The second-order valence-electron chi connectivity index (χ2n) is 7.63. The zero-order valence-electron chi connectivity index (χ0n) is 17.0. The zero-order chi connectivity index (χ0) is 19.6. The molecule has 0 spiro atoms. The van der Waals surface area contributed by atoms with E-state index in [4.69, 9.17) is 17.0 Å². The second kappa shape index (κ2) is 11.3. The van der Waals surface area contributed by atoms with Gasteiger partial charge in [-0.05, 0) is 49.7 Å². The van der Waals surface area contributed by atoms with E-state index >= 15 is 0 Å². The highest BCUT2D eigenvalue weighted by Crippen LogP contribution is 2.20. The van der Waals surface area contributed by atoms with Crippen LogP contribution in [-0.2, 0) is 4.74 Å². The topological polar surface area (TPSA) is 53.3 Å². The molecule has 1 aromatic rings. The minimum atomic E-state index is 0.577. The van der Waals surface area contributed by atoms with Crippen LogP contribution in [0.5, 0.6) is 0 Å². The number of morpholine rings is 1. The van der Waals surface area contributed by atoms with Gasteiger partial charge < -0.3 is 19.9 Å². The molecular weight excluding hydrogens is 370 g/mol. The predicted molar refractivity (Wildman–Crippen MR) is 119 cm³/mol. The second-order valence-corrected chi connectivity index (χ2v) is 8.03. The van der Waals surface area contributed by atoms with Crippen LogP contribution in [0.15, 0.2) is 29.4 Å². The molecule has 0 radical (unpaired) electrons. The summed E-state index contributed by atoms with van der Waals surface area (Å²) in [5.74, 6) is 0. The van der Waals surface area contributed by atoms with Gasteiger partial charge in [0, 0.05) is 18.8 Å². The Morgan fingerprint density at radius 3 is 2.46 bits per heavy atom. The Morgan fingerprint density at radius 1 is 1.11 bits per heavy atom. The quantitative estimate of drug-likeness (QED) is 0.378. The Balaban J connectivity index is 1.42. The van der Waals surface area contributed by atoms with E-state index in [1.165, 1.54) is 44.5 Å². The third kappa shape index (κ3) is 6.72. The number of ether oxygens (including phenoxy) is 1. The van der Waals surface area contributed by atoms with Crippen molar-refractivity contribution in [3.63, 3.8) is 0 Å². The van der Waals surface area contributed by atoms with E-state index in [0.717, 1.165) is 50.7 Å². The number of thiocarbonyl (C=S) groups is 1. The third-order valence-corrected chi connectivity index (χ3v) is 5.78. The Labute approximate surface area is 174 Å². The van der Waals surface area contributed by atoms with Crippen molar-refractivity contribution in [1.29, 1.82) is 0 Å². The highest BCUT2D eigenvalue weighted by atomic mass is 32.1. The lowest BCUT2D eigenvalue weighted by Gasteiger charge is -2.23. The van der Waals surface area contributed by atoms with Crippen molar-refractivity contribution in [3.8, 4) is 0 Å². The van der Waals surface area contributed by atoms with Crippen LogP contribution >= 0.6 is 12.2 Å². The molecule has 3 N–H and O–H groups in total.